The maximum Gasteiger partial charge on any atom is 0.408 e. The highest BCUT2D eigenvalue weighted by atomic mass is 16.6. The van der Waals surface area contributed by atoms with E-state index in [4.69, 9.17) is 9.47 Å². The number of alkyl carbamates (subject to hydrolysis) is 1. The summed E-state index contributed by atoms with van der Waals surface area (Å²) in [7, 11) is 0. The number of nitrogens with one attached hydrogen (secondary N) is 1. The van der Waals surface area contributed by atoms with Gasteiger partial charge in [0.1, 0.15) is 18.2 Å². The number of carbonyl (C=O) groups excluding carboxylic acids is 2. The van der Waals surface area contributed by atoms with Crippen molar-refractivity contribution in [2.24, 2.45) is 0 Å². The molecule has 1 aliphatic rings. The minimum Gasteiger partial charge on any atom is -0.480 e. The normalized spacial score (nSPS) is 13.6. The molecule has 0 aromatic heterocycles. The number of hydrogen-bond acceptors (Lipinski definition) is 5. The number of hydrogen-bond donors (Lipinski definition) is 2. The Hall–Kier alpha value is -3.35. The van der Waals surface area contributed by atoms with Gasteiger partial charge in [-0.25, -0.2) is 9.59 Å². The summed E-state index contributed by atoms with van der Waals surface area (Å²) in [4.78, 5) is 35.6. The minimum absolute atomic E-state index is 0.0634. The maximum absolute atomic E-state index is 12.3. The van der Waals surface area contributed by atoms with E-state index in [1.165, 1.54) is 0 Å². The second-order valence-electron chi connectivity index (χ2n) is 8.49. The van der Waals surface area contributed by atoms with Crippen LogP contribution in [0.25, 0.3) is 11.1 Å². The molecular weight excluding hydrogens is 398 g/mol. The number of carboxylic acid groups (broad SMARTS) is 1. The van der Waals surface area contributed by atoms with Crippen molar-refractivity contribution in [3.05, 3.63) is 59.7 Å². The van der Waals surface area contributed by atoms with E-state index in [1.54, 1.807) is 20.8 Å². The second kappa shape index (κ2) is 9.20. The van der Waals surface area contributed by atoms with Gasteiger partial charge in [-0.15, -0.1) is 0 Å². The quantitative estimate of drug-likeness (QED) is 0.648. The van der Waals surface area contributed by atoms with Crippen molar-refractivity contribution in [3.8, 4) is 11.1 Å². The molecule has 2 aromatic carbocycles. The topological polar surface area (TPSA) is 102 Å². The van der Waals surface area contributed by atoms with Crippen LogP contribution in [0.2, 0.25) is 0 Å². The zero-order valence-corrected chi connectivity index (χ0v) is 17.9. The van der Waals surface area contributed by atoms with Crippen molar-refractivity contribution in [2.75, 3.05) is 6.61 Å². The van der Waals surface area contributed by atoms with Gasteiger partial charge in [0.2, 0.25) is 0 Å². The smallest absolute Gasteiger partial charge is 0.408 e. The summed E-state index contributed by atoms with van der Waals surface area (Å²) >= 11 is 0. The van der Waals surface area contributed by atoms with Gasteiger partial charge in [-0.3, -0.25) is 4.79 Å². The molecule has 3 rings (SSSR count). The lowest BCUT2D eigenvalue weighted by molar-refractivity contribution is -0.145. The van der Waals surface area contributed by atoms with Crippen molar-refractivity contribution in [3.63, 3.8) is 0 Å². The molecule has 0 unspecified atom stereocenters. The van der Waals surface area contributed by atoms with Gasteiger partial charge in [0.05, 0.1) is 0 Å². The number of aliphatic carboxylic acids is 1. The summed E-state index contributed by atoms with van der Waals surface area (Å²) in [5.41, 5.74) is 3.72. The number of benzene rings is 2. The molecular formula is C24H27NO6. The summed E-state index contributed by atoms with van der Waals surface area (Å²) in [5, 5.41) is 11.6. The zero-order chi connectivity index (χ0) is 22.6. The van der Waals surface area contributed by atoms with Gasteiger partial charge in [-0.05, 0) is 49.4 Å². The van der Waals surface area contributed by atoms with Crippen LogP contribution in [-0.4, -0.2) is 41.4 Å². The molecule has 164 valence electrons. The number of rotatable bonds is 7. The van der Waals surface area contributed by atoms with Crippen molar-refractivity contribution >= 4 is 18.0 Å². The molecule has 31 heavy (non-hydrogen) atoms. The van der Waals surface area contributed by atoms with Gasteiger partial charge in [-0.2, -0.15) is 0 Å². The molecule has 2 N–H and O–H groups in total. The Balaban J connectivity index is 1.56. The fraction of sp³-hybridized carbons (Fsp3) is 0.375. The van der Waals surface area contributed by atoms with Gasteiger partial charge < -0.3 is 19.9 Å². The second-order valence-corrected chi connectivity index (χ2v) is 8.49. The van der Waals surface area contributed by atoms with E-state index in [2.05, 4.69) is 17.4 Å². The average molecular weight is 425 g/mol. The van der Waals surface area contributed by atoms with E-state index < -0.39 is 29.7 Å². The van der Waals surface area contributed by atoms with Crippen LogP contribution in [0.5, 0.6) is 0 Å². The molecule has 0 aliphatic heterocycles. The molecule has 0 spiro atoms. The van der Waals surface area contributed by atoms with E-state index >= 15 is 0 Å². The van der Waals surface area contributed by atoms with Crippen LogP contribution >= 0.6 is 0 Å². The highest BCUT2D eigenvalue weighted by Gasteiger charge is 2.29. The van der Waals surface area contributed by atoms with Crippen molar-refractivity contribution in [1.29, 1.82) is 0 Å². The lowest BCUT2D eigenvalue weighted by atomic mass is 9.98. The Kier molecular flexibility index (Phi) is 6.63. The van der Waals surface area contributed by atoms with Gasteiger partial charge in [0, 0.05) is 12.3 Å². The van der Waals surface area contributed by atoms with E-state index in [-0.39, 0.29) is 25.4 Å². The molecule has 7 heteroatoms. The highest BCUT2D eigenvalue weighted by molar-refractivity contribution is 5.81. The van der Waals surface area contributed by atoms with Crippen LogP contribution in [0.15, 0.2) is 48.5 Å². The molecule has 1 atom stereocenters. The Morgan fingerprint density at radius 2 is 1.55 bits per heavy atom. The fourth-order valence-corrected chi connectivity index (χ4v) is 3.66. The summed E-state index contributed by atoms with van der Waals surface area (Å²) in [6.07, 6.45) is -1.07. The summed E-state index contributed by atoms with van der Waals surface area (Å²) in [5.74, 6) is -1.82. The molecule has 1 aliphatic carbocycles. The van der Waals surface area contributed by atoms with E-state index in [0.29, 0.717) is 0 Å². The molecule has 1 amide bonds. The summed E-state index contributed by atoms with van der Waals surface area (Å²) in [6, 6.07) is 14.8. The van der Waals surface area contributed by atoms with Gasteiger partial charge >= 0.3 is 18.0 Å². The Morgan fingerprint density at radius 1 is 1.00 bits per heavy atom. The first kappa shape index (κ1) is 22.3. The number of carboxylic acids is 1. The van der Waals surface area contributed by atoms with Gasteiger partial charge in [-0.1, -0.05) is 48.5 Å². The van der Waals surface area contributed by atoms with Crippen molar-refractivity contribution in [2.45, 2.75) is 51.2 Å². The molecule has 0 radical (unpaired) electrons. The lowest BCUT2D eigenvalue weighted by Gasteiger charge is -2.22. The number of ether oxygens (including phenoxy) is 2. The lowest BCUT2D eigenvalue weighted by Crippen LogP contribution is -2.43. The largest absolute Gasteiger partial charge is 0.480 e. The van der Waals surface area contributed by atoms with Crippen molar-refractivity contribution in [1.82, 2.24) is 5.32 Å². The molecule has 7 nitrogen and oxygen atoms in total. The minimum atomic E-state index is -1.24. The number of carbonyl (C=O) groups is 3. The van der Waals surface area contributed by atoms with E-state index in [9.17, 15) is 19.5 Å². The molecule has 0 saturated heterocycles. The Morgan fingerprint density at radius 3 is 2.06 bits per heavy atom. The molecule has 0 bridgehead atoms. The van der Waals surface area contributed by atoms with Crippen LogP contribution in [-0.2, 0) is 19.1 Å². The van der Waals surface area contributed by atoms with Crippen LogP contribution in [0.1, 0.15) is 50.7 Å². The molecule has 0 saturated carbocycles. The SMILES string of the molecule is CC(C)(C)OC(=O)N[C@@H](CCC(=O)OCC1c2ccccc2-c2ccccc21)C(=O)O. The predicted molar refractivity (Wildman–Crippen MR) is 115 cm³/mol. The van der Waals surface area contributed by atoms with Crippen LogP contribution in [0, 0.1) is 0 Å². The number of esters is 1. The zero-order valence-electron chi connectivity index (χ0n) is 17.9. The molecule has 0 fully saturated rings. The molecule has 2 aromatic rings. The maximum atomic E-state index is 12.3. The highest BCUT2D eigenvalue weighted by Crippen LogP contribution is 2.44. The van der Waals surface area contributed by atoms with Gasteiger partial charge in [0.15, 0.2) is 0 Å². The fourth-order valence-electron chi connectivity index (χ4n) is 3.66. The van der Waals surface area contributed by atoms with Crippen LogP contribution in [0.4, 0.5) is 4.79 Å². The third kappa shape index (κ3) is 5.63. The van der Waals surface area contributed by atoms with E-state index in [1.807, 2.05) is 36.4 Å². The van der Waals surface area contributed by atoms with Crippen molar-refractivity contribution < 1.29 is 29.0 Å². The van der Waals surface area contributed by atoms with E-state index in [0.717, 1.165) is 22.3 Å². The first-order chi connectivity index (χ1) is 14.7. The van der Waals surface area contributed by atoms with Crippen LogP contribution in [0.3, 0.4) is 0 Å². The van der Waals surface area contributed by atoms with Gasteiger partial charge in [0.25, 0.3) is 0 Å². The third-order valence-electron chi connectivity index (χ3n) is 5.00. The first-order valence-electron chi connectivity index (χ1n) is 10.2. The Labute approximate surface area is 181 Å². The van der Waals surface area contributed by atoms with Crippen LogP contribution < -0.4 is 5.32 Å². The standard InChI is InChI=1S/C24H27NO6/c1-24(2,3)31-23(29)25-20(22(27)28)12-13-21(26)30-14-19-17-10-6-4-8-15(17)16-9-5-7-11-18(16)19/h4-11,19-20H,12-14H2,1-3H3,(H,25,29)(H,27,28)/t20-/m0/s1. The monoisotopic (exact) mass is 425 g/mol. The first-order valence-corrected chi connectivity index (χ1v) is 10.2. The summed E-state index contributed by atoms with van der Waals surface area (Å²) in [6.45, 7) is 5.21. The average Bonchev–Trinajstić information content (AvgIpc) is 3.02. The summed E-state index contributed by atoms with van der Waals surface area (Å²) < 4.78 is 10.6. The number of amides is 1. The predicted octanol–water partition coefficient (Wildman–Crippen LogP) is 4.10. The Bertz CT molecular complexity index is 933. The number of fused-ring (bicyclic) bond motifs is 3. The third-order valence-corrected chi connectivity index (χ3v) is 5.00. The molecule has 0 heterocycles.